The minimum Gasteiger partial charge on any atom is -0.467 e. The second kappa shape index (κ2) is 6.88. The summed E-state index contributed by atoms with van der Waals surface area (Å²) >= 11 is 0. The van der Waals surface area contributed by atoms with Crippen LogP contribution in [0, 0.1) is 6.92 Å². The number of hydrogen-bond acceptors (Lipinski definition) is 4. The van der Waals surface area contributed by atoms with Crippen molar-refractivity contribution in [1.29, 1.82) is 0 Å². The van der Waals surface area contributed by atoms with Gasteiger partial charge in [-0.3, -0.25) is 9.59 Å². The van der Waals surface area contributed by atoms with Gasteiger partial charge in [-0.05, 0) is 24.6 Å². The van der Waals surface area contributed by atoms with Crippen molar-refractivity contribution >= 4 is 11.8 Å². The van der Waals surface area contributed by atoms with Crippen LogP contribution in [-0.4, -0.2) is 36.5 Å². The lowest BCUT2D eigenvalue weighted by Gasteiger charge is -2.38. The molecule has 1 saturated heterocycles. The van der Waals surface area contributed by atoms with E-state index in [0.29, 0.717) is 5.76 Å². The summed E-state index contributed by atoms with van der Waals surface area (Å²) < 4.78 is 10.8. The molecule has 1 aliphatic heterocycles. The SMILES string of the molecule is Cc1ccc([C@@H]2[C@@H](C(=O)NCc3ccco3)OCC(=O)N2C)cc1. The van der Waals surface area contributed by atoms with Crippen LogP contribution in [0.5, 0.6) is 0 Å². The molecule has 2 amide bonds. The molecular weight excluding hydrogens is 308 g/mol. The van der Waals surface area contributed by atoms with Gasteiger partial charge in [0, 0.05) is 7.05 Å². The van der Waals surface area contributed by atoms with Crippen molar-refractivity contribution in [2.24, 2.45) is 0 Å². The Hall–Kier alpha value is -2.60. The summed E-state index contributed by atoms with van der Waals surface area (Å²) in [5.74, 6) is 0.252. The lowest BCUT2D eigenvalue weighted by Crippen LogP contribution is -2.52. The smallest absolute Gasteiger partial charge is 0.252 e. The zero-order valence-corrected chi connectivity index (χ0v) is 13.7. The van der Waals surface area contributed by atoms with Crippen molar-refractivity contribution in [3.8, 4) is 0 Å². The average Bonchev–Trinajstić information content (AvgIpc) is 3.09. The van der Waals surface area contributed by atoms with Gasteiger partial charge in [-0.15, -0.1) is 0 Å². The van der Waals surface area contributed by atoms with Crippen LogP contribution in [0.3, 0.4) is 0 Å². The molecule has 0 unspecified atom stereocenters. The van der Waals surface area contributed by atoms with Crippen LogP contribution < -0.4 is 5.32 Å². The van der Waals surface area contributed by atoms with E-state index in [9.17, 15) is 9.59 Å². The number of furan rings is 1. The molecule has 1 aromatic carbocycles. The first-order valence-corrected chi connectivity index (χ1v) is 7.80. The van der Waals surface area contributed by atoms with E-state index in [1.807, 2.05) is 31.2 Å². The van der Waals surface area contributed by atoms with Gasteiger partial charge in [-0.2, -0.15) is 0 Å². The minimum atomic E-state index is -0.759. The number of carbonyl (C=O) groups excluding carboxylic acids is 2. The van der Waals surface area contributed by atoms with E-state index in [2.05, 4.69) is 5.32 Å². The van der Waals surface area contributed by atoms with Crippen LogP contribution in [0.2, 0.25) is 0 Å². The maximum Gasteiger partial charge on any atom is 0.252 e. The molecule has 0 bridgehead atoms. The molecule has 2 heterocycles. The quantitative estimate of drug-likeness (QED) is 0.929. The monoisotopic (exact) mass is 328 g/mol. The van der Waals surface area contributed by atoms with E-state index in [1.54, 1.807) is 30.3 Å². The number of aryl methyl sites for hydroxylation is 1. The third-order valence-electron chi connectivity index (χ3n) is 4.18. The molecule has 126 valence electrons. The maximum atomic E-state index is 12.6. The van der Waals surface area contributed by atoms with Gasteiger partial charge in [0.25, 0.3) is 5.91 Å². The number of benzene rings is 1. The lowest BCUT2D eigenvalue weighted by atomic mass is 9.97. The highest BCUT2D eigenvalue weighted by molar-refractivity contribution is 5.86. The van der Waals surface area contributed by atoms with Crippen molar-refractivity contribution in [3.63, 3.8) is 0 Å². The van der Waals surface area contributed by atoms with Gasteiger partial charge >= 0.3 is 0 Å². The van der Waals surface area contributed by atoms with Gasteiger partial charge in [0.15, 0.2) is 6.10 Å². The summed E-state index contributed by atoms with van der Waals surface area (Å²) in [4.78, 5) is 26.2. The number of carbonyl (C=O) groups is 2. The molecule has 2 aromatic rings. The third-order valence-corrected chi connectivity index (χ3v) is 4.18. The Balaban J connectivity index is 1.79. The van der Waals surface area contributed by atoms with Crippen molar-refractivity contribution in [3.05, 3.63) is 59.5 Å². The van der Waals surface area contributed by atoms with Gasteiger partial charge in [-0.25, -0.2) is 0 Å². The Morgan fingerprint density at radius 1 is 1.29 bits per heavy atom. The first-order chi connectivity index (χ1) is 11.6. The summed E-state index contributed by atoms with van der Waals surface area (Å²) in [5, 5.41) is 2.81. The van der Waals surface area contributed by atoms with Gasteiger partial charge in [0.05, 0.1) is 18.8 Å². The Morgan fingerprint density at radius 3 is 2.71 bits per heavy atom. The molecule has 6 nitrogen and oxygen atoms in total. The number of morpholine rings is 1. The molecule has 0 radical (unpaired) electrons. The highest BCUT2D eigenvalue weighted by Crippen LogP contribution is 2.29. The van der Waals surface area contributed by atoms with Crippen LogP contribution in [0.4, 0.5) is 0 Å². The van der Waals surface area contributed by atoms with Crippen molar-refractivity contribution in [2.45, 2.75) is 25.6 Å². The standard InChI is InChI=1S/C18H20N2O4/c1-12-5-7-13(8-6-12)16-17(24-11-15(21)20(16)2)18(22)19-10-14-4-3-9-23-14/h3-9,16-17H,10-11H2,1-2H3,(H,19,22)/t16-,17+/m1/s1. The summed E-state index contributed by atoms with van der Waals surface area (Å²) in [5.41, 5.74) is 1.98. The average molecular weight is 328 g/mol. The van der Waals surface area contributed by atoms with E-state index in [0.717, 1.165) is 11.1 Å². The van der Waals surface area contributed by atoms with E-state index >= 15 is 0 Å². The van der Waals surface area contributed by atoms with E-state index < -0.39 is 12.1 Å². The molecule has 6 heteroatoms. The highest BCUT2D eigenvalue weighted by Gasteiger charge is 2.39. The number of likely N-dealkylation sites (N-methyl/N-ethyl adjacent to an activating group) is 1. The van der Waals surface area contributed by atoms with Crippen LogP contribution >= 0.6 is 0 Å². The summed E-state index contributed by atoms with van der Waals surface area (Å²) in [6.45, 7) is 2.17. The third kappa shape index (κ3) is 3.33. The molecule has 1 aliphatic rings. The maximum absolute atomic E-state index is 12.6. The predicted octanol–water partition coefficient (Wildman–Crippen LogP) is 1.80. The van der Waals surface area contributed by atoms with Crippen molar-refractivity contribution in [1.82, 2.24) is 10.2 Å². The van der Waals surface area contributed by atoms with E-state index in [-0.39, 0.29) is 25.0 Å². The topological polar surface area (TPSA) is 71.8 Å². The Kier molecular flexibility index (Phi) is 4.66. The van der Waals surface area contributed by atoms with Crippen molar-refractivity contribution in [2.75, 3.05) is 13.7 Å². The molecule has 24 heavy (non-hydrogen) atoms. The minimum absolute atomic E-state index is 0.0995. The lowest BCUT2D eigenvalue weighted by molar-refractivity contribution is -0.162. The predicted molar refractivity (Wildman–Crippen MR) is 87.0 cm³/mol. The number of ether oxygens (including phenoxy) is 1. The second-order valence-corrected chi connectivity index (χ2v) is 5.89. The van der Waals surface area contributed by atoms with Crippen LogP contribution in [-0.2, 0) is 20.9 Å². The molecule has 1 aromatic heterocycles. The fraction of sp³-hybridized carbons (Fsp3) is 0.333. The summed E-state index contributed by atoms with van der Waals surface area (Å²) in [6, 6.07) is 10.9. The zero-order valence-electron chi connectivity index (χ0n) is 13.7. The zero-order chi connectivity index (χ0) is 17.1. The van der Waals surface area contributed by atoms with Gasteiger partial charge in [-0.1, -0.05) is 29.8 Å². The molecule has 0 aliphatic carbocycles. The molecular formula is C18H20N2O4. The van der Waals surface area contributed by atoms with Gasteiger partial charge in [0.2, 0.25) is 5.91 Å². The number of nitrogens with zero attached hydrogens (tertiary/aromatic N) is 1. The fourth-order valence-corrected chi connectivity index (χ4v) is 2.78. The molecule has 1 fully saturated rings. The number of rotatable bonds is 4. The van der Waals surface area contributed by atoms with Gasteiger partial charge in [0.1, 0.15) is 12.4 Å². The van der Waals surface area contributed by atoms with E-state index in [1.165, 1.54) is 0 Å². The molecule has 3 rings (SSSR count). The van der Waals surface area contributed by atoms with Gasteiger partial charge < -0.3 is 19.4 Å². The van der Waals surface area contributed by atoms with Crippen LogP contribution in [0.25, 0.3) is 0 Å². The molecule has 0 spiro atoms. The summed E-state index contributed by atoms with van der Waals surface area (Å²) in [6.07, 6.45) is 0.797. The molecule has 2 atom stereocenters. The first kappa shape index (κ1) is 16.3. The summed E-state index contributed by atoms with van der Waals surface area (Å²) in [7, 11) is 1.70. The fourth-order valence-electron chi connectivity index (χ4n) is 2.78. The molecule has 1 N–H and O–H groups in total. The molecule has 0 saturated carbocycles. The Labute approximate surface area is 140 Å². The highest BCUT2D eigenvalue weighted by atomic mass is 16.5. The number of nitrogens with one attached hydrogen (secondary N) is 1. The normalized spacial score (nSPS) is 20.9. The second-order valence-electron chi connectivity index (χ2n) is 5.89. The first-order valence-electron chi connectivity index (χ1n) is 7.80. The van der Waals surface area contributed by atoms with Crippen molar-refractivity contribution < 1.29 is 18.7 Å². The van der Waals surface area contributed by atoms with E-state index in [4.69, 9.17) is 9.15 Å². The number of hydrogen-bond donors (Lipinski definition) is 1. The largest absolute Gasteiger partial charge is 0.467 e. The Morgan fingerprint density at radius 2 is 2.04 bits per heavy atom. The number of amides is 2. The Bertz CT molecular complexity index is 709. The van der Waals surface area contributed by atoms with Crippen LogP contribution in [0.15, 0.2) is 47.1 Å². The van der Waals surface area contributed by atoms with Crippen LogP contribution in [0.1, 0.15) is 22.9 Å².